The van der Waals surface area contributed by atoms with Crippen LogP contribution in [-0.4, -0.2) is 23.7 Å². The third-order valence-electron chi connectivity index (χ3n) is 2.57. The Balaban J connectivity index is 2.48. The number of carbonyl (C=O) groups excluding carboxylic acids is 1. The van der Waals surface area contributed by atoms with Gasteiger partial charge in [-0.05, 0) is 23.6 Å². The second-order valence-electron chi connectivity index (χ2n) is 4.41. The minimum atomic E-state index is -0.509. The highest BCUT2D eigenvalue weighted by molar-refractivity contribution is 9.10. The maximum atomic E-state index is 11.5. The molecule has 1 atom stereocenters. The fourth-order valence-electron chi connectivity index (χ4n) is 1.28. The second kappa shape index (κ2) is 7.34. The zero-order valence-corrected chi connectivity index (χ0v) is 12.1. The lowest BCUT2D eigenvalue weighted by molar-refractivity contribution is -0.117. The van der Waals surface area contributed by atoms with Crippen LogP contribution in [0.5, 0.6) is 0 Å². The van der Waals surface area contributed by atoms with Crippen molar-refractivity contribution in [3.63, 3.8) is 0 Å². The third-order valence-corrected chi connectivity index (χ3v) is 3.30. The van der Waals surface area contributed by atoms with Crippen molar-refractivity contribution in [3.8, 4) is 0 Å². The van der Waals surface area contributed by atoms with Gasteiger partial charge in [-0.1, -0.05) is 48.0 Å². The monoisotopic (exact) mass is 311 g/mol. The molecule has 0 aliphatic heterocycles. The van der Waals surface area contributed by atoms with E-state index in [1.807, 2.05) is 38.1 Å². The molecule has 0 saturated carbocycles. The van der Waals surface area contributed by atoms with Crippen LogP contribution in [0.1, 0.15) is 19.4 Å². The lowest BCUT2D eigenvalue weighted by Crippen LogP contribution is -2.33. The first-order valence-electron chi connectivity index (χ1n) is 5.89. The minimum Gasteiger partial charge on any atom is -0.391 e. The summed E-state index contributed by atoms with van der Waals surface area (Å²) in [5.41, 5.74) is 0.942. The Morgan fingerprint density at radius 2 is 2.11 bits per heavy atom. The lowest BCUT2D eigenvalue weighted by atomic mass is 10.1. The van der Waals surface area contributed by atoms with Crippen LogP contribution in [0.3, 0.4) is 0 Å². The molecule has 0 radical (unpaired) electrons. The summed E-state index contributed by atoms with van der Waals surface area (Å²) < 4.78 is 0.941. The predicted octanol–water partition coefficient (Wildman–Crippen LogP) is 2.60. The molecule has 1 unspecified atom stereocenters. The van der Waals surface area contributed by atoms with E-state index in [2.05, 4.69) is 21.2 Å². The number of carbonyl (C=O) groups is 1. The van der Waals surface area contributed by atoms with Crippen molar-refractivity contribution in [1.82, 2.24) is 5.32 Å². The summed E-state index contributed by atoms with van der Waals surface area (Å²) in [4.78, 5) is 11.5. The maximum absolute atomic E-state index is 11.5. The van der Waals surface area contributed by atoms with Gasteiger partial charge in [0.05, 0.1) is 6.10 Å². The molecule has 2 N–H and O–H groups in total. The summed E-state index contributed by atoms with van der Waals surface area (Å²) in [6.07, 6.45) is 2.69. The molecular formula is C14H18BrNO2. The third kappa shape index (κ3) is 5.02. The van der Waals surface area contributed by atoms with Gasteiger partial charge >= 0.3 is 0 Å². The van der Waals surface area contributed by atoms with Gasteiger partial charge in [-0.15, -0.1) is 0 Å². The molecule has 0 heterocycles. The average Bonchev–Trinajstić information content (AvgIpc) is 2.34. The van der Waals surface area contributed by atoms with E-state index in [9.17, 15) is 9.90 Å². The first kappa shape index (κ1) is 14.9. The van der Waals surface area contributed by atoms with Crippen molar-refractivity contribution in [2.75, 3.05) is 6.54 Å². The molecule has 0 fully saturated rings. The molecule has 3 nitrogen and oxygen atoms in total. The summed E-state index contributed by atoms with van der Waals surface area (Å²) >= 11 is 3.40. The van der Waals surface area contributed by atoms with Gasteiger partial charge in [0.1, 0.15) is 0 Å². The maximum Gasteiger partial charge on any atom is 0.244 e. The predicted molar refractivity (Wildman–Crippen MR) is 77.0 cm³/mol. The molecule has 18 heavy (non-hydrogen) atoms. The van der Waals surface area contributed by atoms with Gasteiger partial charge in [-0.25, -0.2) is 0 Å². The first-order chi connectivity index (χ1) is 8.50. The van der Waals surface area contributed by atoms with Gasteiger partial charge in [-0.3, -0.25) is 4.79 Å². The number of amides is 1. The van der Waals surface area contributed by atoms with Crippen LogP contribution in [0.25, 0.3) is 6.08 Å². The second-order valence-corrected chi connectivity index (χ2v) is 5.27. The summed E-state index contributed by atoms with van der Waals surface area (Å²) in [7, 11) is 0. The molecule has 1 aromatic carbocycles. The normalized spacial score (nSPS) is 12.9. The van der Waals surface area contributed by atoms with Crippen LogP contribution < -0.4 is 5.32 Å². The van der Waals surface area contributed by atoms with Crippen molar-refractivity contribution in [2.24, 2.45) is 5.92 Å². The van der Waals surface area contributed by atoms with E-state index in [0.717, 1.165) is 10.0 Å². The molecule has 4 heteroatoms. The topological polar surface area (TPSA) is 49.3 Å². The van der Waals surface area contributed by atoms with E-state index >= 15 is 0 Å². The van der Waals surface area contributed by atoms with Crippen LogP contribution in [0, 0.1) is 5.92 Å². The molecule has 0 aliphatic rings. The van der Waals surface area contributed by atoms with Gasteiger partial charge in [0.25, 0.3) is 0 Å². The minimum absolute atomic E-state index is 0.137. The summed E-state index contributed by atoms with van der Waals surface area (Å²) in [5.74, 6) is -0.0667. The molecule has 0 spiro atoms. The summed E-state index contributed by atoms with van der Waals surface area (Å²) in [5, 5.41) is 12.2. The van der Waals surface area contributed by atoms with Crippen LogP contribution in [0.2, 0.25) is 0 Å². The zero-order chi connectivity index (χ0) is 13.5. The van der Waals surface area contributed by atoms with Gasteiger partial charge in [0.2, 0.25) is 5.91 Å². The van der Waals surface area contributed by atoms with Crippen LogP contribution in [0.4, 0.5) is 0 Å². The van der Waals surface area contributed by atoms with E-state index in [1.54, 1.807) is 6.08 Å². The summed E-state index contributed by atoms with van der Waals surface area (Å²) in [6, 6.07) is 7.66. The quantitative estimate of drug-likeness (QED) is 0.821. The van der Waals surface area contributed by atoms with Crippen molar-refractivity contribution in [3.05, 3.63) is 40.4 Å². The number of nitrogens with one attached hydrogen (secondary N) is 1. The van der Waals surface area contributed by atoms with E-state index < -0.39 is 6.10 Å². The van der Waals surface area contributed by atoms with Crippen molar-refractivity contribution in [1.29, 1.82) is 0 Å². The molecule has 0 aromatic heterocycles. The van der Waals surface area contributed by atoms with Crippen LogP contribution in [-0.2, 0) is 4.79 Å². The number of hydrogen-bond acceptors (Lipinski definition) is 2. The largest absolute Gasteiger partial charge is 0.391 e. The van der Waals surface area contributed by atoms with Crippen LogP contribution in [0.15, 0.2) is 34.8 Å². The highest BCUT2D eigenvalue weighted by atomic mass is 79.9. The molecular weight excluding hydrogens is 294 g/mol. The Hall–Kier alpha value is -1.13. The Kier molecular flexibility index (Phi) is 6.09. The Morgan fingerprint density at radius 1 is 1.44 bits per heavy atom. The number of hydrogen-bond donors (Lipinski definition) is 2. The van der Waals surface area contributed by atoms with Gasteiger partial charge in [0, 0.05) is 17.1 Å². The van der Waals surface area contributed by atoms with Gasteiger partial charge < -0.3 is 10.4 Å². The Labute approximate surface area is 116 Å². The molecule has 98 valence electrons. The summed E-state index contributed by atoms with van der Waals surface area (Å²) in [6.45, 7) is 4.10. The lowest BCUT2D eigenvalue weighted by Gasteiger charge is -2.14. The number of halogens is 1. The van der Waals surface area contributed by atoms with Crippen molar-refractivity contribution < 1.29 is 9.90 Å². The molecule has 0 aliphatic carbocycles. The molecule has 1 rings (SSSR count). The number of aliphatic hydroxyl groups excluding tert-OH is 1. The van der Waals surface area contributed by atoms with Crippen molar-refractivity contribution >= 4 is 27.9 Å². The molecule has 0 saturated heterocycles. The number of benzene rings is 1. The highest BCUT2D eigenvalue weighted by Crippen LogP contribution is 2.16. The van der Waals surface area contributed by atoms with E-state index in [0.29, 0.717) is 0 Å². The Morgan fingerprint density at radius 3 is 2.72 bits per heavy atom. The van der Waals surface area contributed by atoms with Gasteiger partial charge in [0.15, 0.2) is 0 Å². The first-order valence-corrected chi connectivity index (χ1v) is 6.68. The number of aliphatic hydroxyl groups is 1. The zero-order valence-electron chi connectivity index (χ0n) is 10.6. The molecule has 1 amide bonds. The Bertz CT molecular complexity index is 430. The van der Waals surface area contributed by atoms with Gasteiger partial charge in [-0.2, -0.15) is 0 Å². The van der Waals surface area contributed by atoms with E-state index in [1.165, 1.54) is 6.08 Å². The average molecular weight is 312 g/mol. The fraction of sp³-hybridized carbons (Fsp3) is 0.357. The smallest absolute Gasteiger partial charge is 0.244 e. The van der Waals surface area contributed by atoms with E-state index in [-0.39, 0.29) is 18.4 Å². The molecule has 0 bridgehead atoms. The SMILES string of the molecule is CC(C)C(O)CNC(=O)/C=C/c1ccccc1Br. The van der Waals surface area contributed by atoms with Crippen LogP contribution >= 0.6 is 15.9 Å². The fourth-order valence-corrected chi connectivity index (χ4v) is 1.69. The van der Waals surface area contributed by atoms with E-state index in [4.69, 9.17) is 0 Å². The highest BCUT2D eigenvalue weighted by Gasteiger charge is 2.09. The standard InChI is InChI=1S/C14H18BrNO2/c1-10(2)13(17)9-16-14(18)8-7-11-5-3-4-6-12(11)15/h3-8,10,13,17H,9H2,1-2H3,(H,16,18)/b8-7+. The van der Waals surface area contributed by atoms with Crippen molar-refractivity contribution in [2.45, 2.75) is 20.0 Å². The molecule has 1 aromatic rings. The number of rotatable bonds is 5.